The molecule has 0 aliphatic heterocycles. The molecule has 6 heteroatoms. The lowest BCUT2D eigenvalue weighted by molar-refractivity contribution is 1.48. The molecule has 3 aromatic carbocycles. The number of rotatable bonds is 4. The molecule has 7 rings (SSSR count). The number of fused-ring (bicyclic) bond motifs is 6. The molecule has 7 aromatic rings. The third kappa shape index (κ3) is 4.15. The summed E-state index contributed by atoms with van der Waals surface area (Å²) < 4.78 is 8.04. The van der Waals surface area contributed by atoms with Gasteiger partial charge < -0.3 is 0 Å². The molecule has 0 spiro atoms. The van der Waals surface area contributed by atoms with E-state index in [1.807, 2.05) is 93.9 Å². The van der Waals surface area contributed by atoms with E-state index >= 15 is 0 Å². The molecular formula is C32H16N2S4. The molecule has 0 amide bonds. The van der Waals surface area contributed by atoms with Gasteiger partial charge in [0.2, 0.25) is 0 Å². The van der Waals surface area contributed by atoms with Gasteiger partial charge in [-0.25, -0.2) is 0 Å². The first-order valence-electron chi connectivity index (χ1n) is 11.9. The fraction of sp³-hybridized carbons (Fsp3) is 0. The van der Waals surface area contributed by atoms with Gasteiger partial charge in [-0.1, -0.05) is 36.4 Å². The van der Waals surface area contributed by atoms with Crippen LogP contribution in [0.2, 0.25) is 0 Å². The standard InChI is InChI=1S/C32H16N2S4/c33-17-21-5-1-19(2-6-21)9-11-23-13-29-31(35-23)25-15-28-26(16-27(25)37-29)32-30(38-28)14-24(36-32)12-10-20-3-7-22(18-34)8-4-20/h1-16H/b11-9+,12-10+. The Morgan fingerprint density at radius 2 is 0.895 bits per heavy atom. The molecule has 0 N–H and O–H groups in total. The molecule has 0 saturated carbocycles. The van der Waals surface area contributed by atoms with Gasteiger partial charge in [0.25, 0.3) is 0 Å². The van der Waals surface area contributed by atoms with Gasteiger partial charge in [0.05, 0.1) is 32.7 Å². The van der Waals surface area contributed by atoms with E-state index in [0.717, 1.165) is 11.1 Å². The molecule has 0 bridgehead atoms. The Labute approximate surface area is 234 Å². The summed E-state index contributed by atoms with van der Waals surface area (Å²) >= 11 is 7.41. The minimum Gasteiger partial charge on any atom is -0.192 e. The monoisotopic (exact) mass is 556 g/mol. The molecule has 178 valence electrons. The maximum atomic E-state index is 8.99. The van der Waals surface area contributed by atoms with Crippen molar-refractivity contribution >= 4 is 109 Å². The Balaban J connectivity index is 1.20. The number of thiophene rings is 4. The number of hydrogen-bond acceptors (Lipinski definition) is 6. The van der Waals surface area contributed by atoms with Crippen LogP contribution in [0.5, 0.6) is 0 Å². The molecular weight excluding hydrogens is 541 g/mol. The van der Waals surface area contributed by atoms with Crippen LogP contribution < -0.4 is 0 Å². The molecule has 0 aliphatic rings. The largest absolute Gasteiger partial charge is 0.192 e. The number of benzene rings is 3. The van der Waals surface area contributed by atoms with Crippen LogP contribution in [0.25, 0.3) is 63.3 Å². The second-order valence-electron chi connectivity index (χ2n) is 8.87. The summed E-state index contributed by atoms with van der Waals surface area (Å²) in [6.45, 7) is 0. The van der Waals surface area contributed by atoms with Crippen molar-refractivity contribution < 1.29 is 0 Å². The molecule has 0 unspecified atom stereocenters. The van der Waals surface area contributed by atoms with Crippen molar-refractivity contribution in [1.29, 1.82) is 10.5 Å². The fourth-order valence-corrected chi connectivity index (χ4v) is 9.39. The highest BCUT2D eigenvalue weighted by atomic mass is 32.1. The van der Waals surface area contributed by atoms with Crippen LogP contribution in [0.15, 0.2) is 72.8 Å². The first kappa shape index (κ1) is 23.1. The minimum atomic E-state index is 0.681. The van der Waals surface area contributed by atoms with E-state index in [4.69, 9.17) is 10.5 Å². The van der Waals surface area contributed by atoms with Crippen molar-refractivity contribution in [3.63, 3.8) is 0 Å². The summed E-state index contributed by atoms with van der Waals surface area (Å²) in [4.78, 5) is 2.48. The number of nitrogens with zero attached hydrogens (tertiary/aromatic N) is 2. The Morgan fingerprint density at radius 1 is 0.474 bits per heavy atom. The van der Waals surface area contributed by atoms with E-state index in [1.54, 1.807) is 0 Å². The van der Waals surface area contributed by atoms with Crippen molar-refractivity contribution in [1.82, 2.24) is 0 Å². The minimum absolute atomic E-state index is 0.681. The molecule has 4 aromatic heterocycles. The van der Waals surface area contributed by atoms with Crippen LogP contribution in [0.3, 0.4) is 0 Å². The zero-order valence-corrected chi connectivity index (χ0v) is 23.0. The third-order valence-corrected chi connectivity index (χ3v) is 11.1. The van der Waals surface area contributed by atoms with Crippen molar-refractivity contribution in [2.24, 2.45) is 0 Å². The summed E-state index contributed by atoms with van der Waals surface area (Å²) in [6.07, 6.45) is 8.55. The van der Waals surface area contributed by atoms with Gasteiger partial charge in [0.15, 0.2) is 0 Å². The Kier molecular flexibility index (Phi) is 5.69. The Hall–Kier alpha value is -4.04. The number of hydrogen-bond donors (Lipinski definition) is 0. The van der Waals surface area contributed by atoms with Crippen molar-refractivity contribution in [3.8, 4) is 12.1 Å². The van der Waals surface area contributed by atoms with Crippen molar-refractivity contribution in [3.05, 3.63) is 105 Å². The molecule has 38 heavy (non-hydrogen) atoms. The molecule has 0 fully saturated rings. The molecule has 0 saturated heterocycles. The molecule has 0 atom stereocenters. The molecule has 0 aliphatic carbocycles. The zero-order chi connectivity index (χ0) is 25.6. The van der Waals surface area contributed by atoms with E-state index < -0.39 is 0 Å². The van der Waals surface area contributed by atoms with Gasteiger partial charge in [0.1, 0.15) is 0 Å². The molecule has 2 nitrogen and oxygen atoms in total. The van der Waals surface area contributed by atoms with Crippen LogP contribution >= 0.6 is 45.3 Å². The lowest BCUT2D eigenvalue weighted by Gasteiger charge is -1.94. The van der Waals surface area contributed by atoms with Crippen LogP contribution in [-0.4, -0.2) is 0 Å². The van der Waals surface area contributed by atoms with Crippen LogP contribution in [0, 0.1) is 22.7 Å². The quantitative estimate of drug-likeness (QED) is 0.216. The highest BCUT2D eigenvalue weighted by Gasteiger charge is 2.14. The predicted octanol–water partition coefficient (Wildman–Crippen LogP) is 10.6. The normalized spacial score (nSPS) is 11.9. The Morgan fingerprint density at radius 3 is 1.29 bits per heavy atom. The fourth-order valence-electron chi connectivity index (χ4n) is 4.49. The summed E-state index contributed by atoms with van der Waals surface area (Å²) in [6, 6.07) is 29.0. The van der Waals surface area contributed by atoms with Crippen molar-refractivity contribution in [2.45, 2.75) is 0 Å². The summed E-state index contributed by atoms with van der Waals surface area (Å²) in [5.41, 5.74) is 3.55. The zero-order valence-electron chi connectivity index (χ0n) is 19.8. The first-order chi connectivity index (χ1) is 18.7. The Bertz CT molecular complexity index is 1980. The predicted molar refractivity (Wildman–Crippen MR) is 168 cm³/mol. The average Bonchev–Trinajstić information content (AvgIpc) is 3.69. The summed E-state index contributed by atoms with van der Waals surface area (Å²) in [5.74, 6) is 0. The summed E-state index contributed by atoms with van der Waals surface area (Å²) in [7, 11) is 0. The van der Waals surface area contributed by atoms with Gasteiger partial charge in [-0.15, -0.1) is 45.3 Å². The van der Waals surface area contributed by atoms with Gasteiger partial charge in [-0.3, -0.25) is 0 Å². The second kappa shape index (κ2) is 9.36. The van der Waals surface area contributed by atoms with E-state index in [2.05, 4.69) is 60.7 Å². The lowest BCUT2D eigenvalue weighted by atomic mass is 10.1. The third-order valence-electron chi connectivity index (χ3n) is 6.40. The number of nitriles is 2. The van der Waals surface area contributed by atoms with Gasteiger partial charge >= 0.3 is 0 Å². The summed E-state index contributed by atoms with van der Waals surface area (Å²) in [5, 5.41) is 20.7. The average molecular weight is 557 g/mol. The SMILES string of the molecule is N#Cc1ccc(/C=C/c2cc3sc4cc5c(cc4c3s2)sc2cc(/C=C/c3ccc(C#N)cc3)sc25)cc1. The van der Waals surface area contributed by atoms with E-state index in [1.165, 1.54) is 48.7 Å². The van der Waals surface area contributed by atoms with Crippen LogP contribution in [0.4, 0.5) is 0 Å². The van der Waals surface area contributed by atoms with E-state index in [-0.39, 0.29) is 0 Å². The van der Waals surface area contributed by atoms with Gasteiger partial charge in [0, 0.05) is 39.3 Å². The van der Waals surface area contributed by atoms with Crippen LogP contribution in [0.1, 0.15) is 32.0 Å². The van der Waals surface area contributed by atoms with E-state index in [9.17, 15) is 0 Å². The van der Waals surface area contributed by atoms with Gasteiger partial charge in [-0.2, -0.15) is 10.5 Å². The van der Waals surface area contributed by atoms with Crippen LogP contribution in [-0.2, 0) is 0 Å². The van der Waals surface area contributed by atoms with Gasteiger partial charge in [-0.05, 0) is 71.8 Å². The first-order valence-corrected chi connectivity index (χ1v) is 15.1. The van der Waals surface area contributed by atoms with Crippen molar-refractivity contribution in [2.75, 3.05) is 0 Å². The highest BCUT2D eigenvalue weighted by Crippen LogP contribution is 2.46. The molecule has 4 heterocycles. The maximum Gasteiger partial charge on any atom is 0.0991 e. The maximum absolute atomic E-state index is 8.99. The lowest BCUT2D eigenvalue weighted by Crippen LogP contribution is -1.74. The topological polar surface area (TPSA) is 47.6 Å². The second-order valence-corrected chi connectivity index (χ2v) is 13.2. The highest BCUT2D eigenvalue weighted by molar-refractivity contribution is 7.34. The molecule has 0 radical (unpaired) electrons. The smallest absolute Gasteiger partial charge is 0.0991 e. The van der Waals surface area contributed by atoms with E-state index in [0.29, 0.717) is 11.1 Å².